The zero-order chi connectivity index (χ0) is 33.5. The molecule has 25 atom stereocenters. The van der Waals surface area contributed by atoms with Gasteiger partial charge in [-0.3, -0.25) is 0 Å². The van der Waals surface area contributed by atoms with Crippen molar-refractivity contribution >= 4 is 93.7 Å². The van der Waals surface area contributed by atoms with Crippen LogP contribution in [0.1, 0.15) is 118 Å². The third kappa shape index (κ3) is 4.84. The lowest BCUT2D eigenvalue weighted by molar-refractivity contribution is 0.307. The average Bonchev–Trinajstić information content (AvgIpc) is 3.93. The van der Waals surface area contributed by atoms with Crippen LogP contribution in [-0.4, -0.2) is 63.0 Å². The smallest absolute Gasteiger partial charge is 0.0431 e. The van der Waals surface area contributed by atoms with Crippen LogP contribution < -0.4 is 0 Å². The first-order valence-corrected chi connectivity index (χ1v) is 28.3. The van der Waals surface area contributed by atoms with E-state index in [0.29, 0.717) is 0 Å². The van der Waals surface area contributed by atoms with Crippen molar-refractivity contribution < 1.29 is 0 Å². The summed E-state index contributed by atoms with van der Waals surface area (Å²) in [4.78, 5) is 3.61. The van der Waals surface area contributed by atoms with E-state index in [4.69, 9.17) is 0 Å². The van der Waals surface area contributed by atoms with Crippen LogP contribution in [0.3, 0.4) is 0 Å². The maximum Gasteiger partial charge on any atom is 0.0431 e. The molecule has 0 amide bonds. The van der Waals surface area contributed by atoms with Crippen LogP contribution in [0.25, 0.3) is 0 Å². The van der Waals surface area contributed by atoms with Crippen molar-refractivity contribution in [1.29, 1.82) is 0 Å². The van der Waals surface area contributed by atoms with Crippen molar-refractivity contribution in [3.8, 4) is 0 Å². The average molecular weight is 819 g/mol. The maximum atomic E-state index is 2.76. The Morgan fingerprint density at radius 1 is 0.440 bits per heavy atom. The summed E-state index contributed by atoms with van der Waals surface area (Å²) in [6, 6.07) is 2.76. The minimum Gasteiger partial charge on any atom is -0.154 e. The topological polar surface area (TPSA) is 0 Å². The number of hydrogen-bond donors (Lipinski definition) is 0. The fourth-order valence-electron chi connectivity index (χ4n) is 14.9. The standard InChI is InChI=1S/C42H58S8/c1-15-7-21-17(3)23-9-29(45-37(23)35(21)43-15)31-11-25-19(5)27-13-33(49-41(27)39(25)47-31)34-14-28-20(6)26-12-32(48-40(26)42(28)50-34)30-10-24-18(4)22-8-16(2)44-36(22)38(24)46-30/h11,15-24,26-30,32-38,40-42H,7-10,12-14H2,1-6H3. The fraction of sp³-hybridized carbons (Fsp3) is 0.905. The first-order chi connectivity index (χ1) is 24.2. The molecular weight excluding hydrogens is 761 g/mol. The molecule has 12 rings (SSSR count). The predicted octanol–water partition coefficient (Wildman–Crippen LogP) is 12.6. The second kappa shape index (κ2) is 12.3. The van der Waals surface area contributed by atoms with E-state index in [1.54, 1.807) is 29.7 Å². The number of hydrogen-bond acceptors (Lipinski definition) is 8. The molecule has 0 nitrogen and oxygen atoms in total. The molecule has 25 unspecified atom stereocenters. The van der Waals surface area contributed by atoms with Crippen LogP contribution in [0.4, 0.5) is 0 Å². The molecule has 11 aliphatic rings. The Morgan fingerprint density at radius 3 is 1.40 bits per heavy atom. The van der Waals surface area contributed by atoms with Gasteiger partial charge in [0.1, 0.15) is 0 Å². The summed E-state index contributed by atoms with van der Waals surface area (Å²) in [5.74, 6) is 10.6. The summed E-state index contributed by atoms with van der Waals surface area (Å²) < 4.78 is 0. The van der Waals surface area contributed by atoms with Crippen LogP contribution in [-0.2, 0) is 0 Å². The number of rotatable bonds is 3. The van der Waals surface area contributed by atoms with Gasteiger partial charge in [-0.25, -0.2) is 0 Å². The van der Waals surface area contributed by atoms with E-state index in [9.17, 15) is 0 Å². The van der Waals surface area contributed by atoms with Crippen LogP contribution in [0.5, 0.6) is 0 Å². The van der Waals surface area contributed by atoms with E-state index in [0.717, 1.165) is 139 Å². The summed E-state index contributed by atoms with van der Waals surface area (Å²) in [6.07, 6.45) is 10.6. The second-order valence-corrected chi connectivity index (χ2v) is 31.0. The van der Waals surface area contributed by atoms with Crippen molar-refractivity contribution in [2.45, 2.75) is 166 Å². The van der Waals surface area contributed by atoms with Crippen molar-refractivity contribution in [2.75, 3.05) is 0 Å². The molecule has 10 fully saturated rings. The highest BCUT2D eigenvalue weighted by molar-refractivity contribution is 8.08. The van der Waals surface area contributed by atoms with Gasteiger partial charge in [-0.05, 0) is 122 Å². The quantitative estimate of drug-likeness (QED) is 0.294. The molecule has 7 aliphatic heterocycles. The Kier molecular flexibility index (Phi) is 8.44. The number of fused-ring (bicyclic) bond motifs is 12. The molecule has 274 valence electrons. The summed E-state index contributed by atoms with van der Waals surface area (Å²) >= 11 is 19.6. The van der Waals surface area contributed by atoms with E-state index in [1.165, 1.54) is 25.7 Å². The van der Waals surface area contributed by atoms with Gasteiger partial charge in [-0.15, -0.1) is 34.9 Å². The van der Waals surface area contributed by atoms with Gasteiger partial charge in [0.05, 0.1) is 0 Å². The lowest BCUT2D eigenvalue weighted by Gasteiger charge is -2.25. The SMILES string of the molecule is CC1CC2C(C)C3CC(c4cc5c(s4)C4SC(C6CC7C(C)C8CC(C9CC%10C(C)C%11CC(C)SC%11C%10S9)SC8C7S6)CC4C5C)SC3C2S1. The minimum atomic E-state index is 0.783. The number of thiophene rings is 1. The van der Waals surface area contributed by atoms with Crippen molar-refractivity contribution in [2.24, 2.45) is 59.2 Å². The molecule has 0 aromatic carbocycles. The Morgan fingerprint density at radius 2 is 0.860 bits per heavy atom. The largest absolute Gasteiger partial charge is 0.154 e. The van der Waals surface area contributed by atoms with Crippen molar-refractivity contribution in [3.63, 3.8) is 0 Å². The molecule has 3 saturated carbocycles. The predicted molar refractivity (Wildman–Crippen MR) is 232 cm³/mol. The first kappa shape index (κ1) is 34.2. The van der Waals surface area contributed by atoms with Gasteiger partial charge in [-0.1, -0.05) is 41.5 Å². The van der Waals surface area contributed by atoms with Gasteiger partial charge in [0.2, 0.25) is 0 Å². The molecule has 1 aromatic rings. The highest BCUT2D eigenvalue weighted by atomic mass is 32.2. The summed E-state index contributed by atoms with van der Waals surface area (Å²) in [7, 11) is 0. The van der Waals surface area contributed by atoms with Gasteiger partial charge < -0.3 is 0 Å². The van der Waals surface area contributed by atoms with Crippen LogP contribution in [0, 0.1) is 59.2 Å². The second-order valence-electron chi connectivity index (χ2n) is 19.6. The van der Waals surface area contributed by atoms with E-state index in [1.807, 2.05) is 4.88 Å². The van der Waals surface area contributed by atoms with Crippen LogP contribution in [0.2, 0.25) is 0 Å². The highest BCUT2D eigenvalue weighted by Gasteiger charge is 2.63. The first-order valence-electron chi connectivity index (χ1n) is 20.9. The molecule has 4 aliphatic carbocycles. The molecular formula is C42H58S8. The summed E-state index contributed by atoms with van der Waals surface area (Å²) in [5.41, 5.74) is 1.79. The zero-order valence-electron chi connectivity index (χ0n) is 30.7. The van der Waals surface area contributed by atoms with Gasteiger partial charge >= 0.3 is 0 Å². The van der Waals surface area contributed by atoms with Crippen molar-refractivity contribution in [1.82, 2.24) is 0 Å². The van der Waals surface area contributed by atoms with E-state index in [2.05, 4.69) is 141 Å². The third-order valence-electron chi connectivity index (χ3n) is 17.4. The minimum absolute atomic E-state index is 0.783. The van der Waals surface area contributed by atoms with Crippen LogP contribution in [0.15, 0.2) is 6.07 Å². The molecule has 8 heterocycles. The molecule has 1 aromatic heterocycles. The fourth-order valence-corrected chi connectivity index (χ4v) is 31.8. The molecule has 8 heteroatoms. The Labute approximate surface area is 337 Å². The molecule has 0 N–H and O–H groups in total. The lowest BCUT2D eigenvalue weighted by Crippen LogP contribution is -2.23. The van der Waals surface area contributed by atoms with Gasteiger partial charge in [-0.2, -0.15) is 58.8 Å². The van der Waals surface area contributed by atoms with Crippen molar-refractivity contribution in [3.05, 3.63) is 21.4 Å². The normalized spacial score (nSPS) is 62.5. The lowest BCUT2D eigenvalue weighted by atomic mass is 9.83. The van der Waals surface area contributed by atoms with Gasteiger partial charge in [0, 0.05) is 83.3 Å². The van der Waals surface area contributed by atoms with E-state index >= 15 is 0 Å². The molecule has 7 saturated heterocycles. The monoisotopic (exact) mass is 818 g/mol. The Balaban J connectivity index is 0.703. The molecule has 50 heavy (non-hydrogen) atoms. The highest BCUT2D eigenvalue weighted by Crippen LogP contribution is 2.71. The van der Waals surface area contributed by atoms with Gasteiger partial charge in [0.25, 0.3) is 0 Å². The maximum absolute atomic E-state index is 2.76. The summed E-state index contributed by atoms with van der Waals surface area (Å²) in [5, 5.41) is 12.9. The molecule has 0 spiro atoms. The number of thioether (sulfide) groups is 7. The Hall–Kier alpha value is 2.15. The zero-order valence-corrected chi connectivity index (χ0v) is 37.3. The van der Waals surface area contributed by atoms with E-state index < -0.39 is 0 Å². The Bertz CT molecular complexity index is 1530. The van der Waals surface area contributed by atoms with Crippen LogP contribution >= 0.6 is 93.7 Å². The van der Waals surface area contributed by atoms with E-state index in [-0.39, 0.29) is 0 Å². The molecule has 0 bridgehead atoms. The third-order valence-corrected chi connectivity index (χ3v) is 32.1. The molecule has 0 radical (unpaired) electrons. The van der Waals surface area contributed by atoms with Gasteiger partial charge in [0.15, 0.2) is 0 Å². The summed E-state index contributed by atoms with van der Waals surface area (Å²) in [6.45, 7) is 15.6.